The van der Waals surface area contributed by atoms with Crippen LogP contribution in [0.15, 0.2) is 34.8 Å². The van der Waals surface area contributed by atoms with Crippen LogP contribution < -0.4 is 0 Å². The van der Waals surface area contributed by atoms with Gasteiger partial charge in [0.2, 0.25) is 0 Å². The third kappa shape index (κ3) is 1.10. The normalized spacial score (nSPS) is 29.8. The average Bonchev–Trinajstić information content (AvgIpc) is 2.41. The number of benzene rings is 1. The second kappa shape index (κ2) is 2.71. The Balaban J connectivity index is 2.17. The van der Waals surface area contributed by atoms with Gasteiger partial charge in [0.15, 0.2) is 0 Å². The van der Waals surface area contributed by atoms with Gasteiger partial charge < -0.3 is 0 Å². The number of hydrogen-bond donors (Lipinski definition) is 0. The van der Waals surface area contributed by atoms with Crippen molar-refractivity contribution in [3.63, 3.8) is 0 Å². The number of allylic oxidation sites excluding steroid dienone is 2. The molecule has 0 radical (unpaired) electrons. The molecule has 0 saturated carbocycles. The van der Waals surface area contributed by atoms with Crippen LogP contribution in [0.25, 0.3) is 0 Å². The molecule has 0 fully saturated rings. The Morgan fingerprint density at radius 1 is 1.15 bits per heavy atom. The lowest BCUT2D eigenvalue weighted by atomic mass is 9.93. The van der Waals surface area contributed by atoms with Gasteiger partial charge in [-0.15, -0.1) is 0 Å². The first-order chi connectivity index (χ1) is 6.34. The molecule has 2 bridgehead atoms. The number of rotatable bonds is 0. The van der Waals surface area contributed by atoms with E-state index in [1.54, 1.807) is 11.1 Å². The minimum absolute atomic E-state index is 0.685. The van der Waals surface area contributed by atoms with Crippen molar-refractivity contribution in [2.75, 3.05) is 0 Å². The van der Waals surface area contributed by atoms with E-state index in [0.717, 1.165) is 5.92 Å². The maximum absolute atomic E-state index is 3.63. The summed E-state index contributed by atoms with van der Waals surface area (Å²) >= 11 is 3.63. The van der Waals surface area contributed by atoms with Crippen LogP contribution in [0, 0.1) is 0 Å². The largest absolute Gasteiger partial charge is 0.0668 e. The molecule has 2 aliphatic carbocycles. The van der Waals surface area contributed by atoms with Crippen molar-refractivity contribution >= 4 is 15.9 Å². The van der Waals surface area contributed by atoms with Crippen LogP contribution in [0.2, 0.25) is 0 Å². The molecule has 1 aromatic rings. The van der Waals surface area contributed by atoms with Gasteiger partial charge in [-0.1, -0.05) is 46.3 Å². The molecule has 0 nitrogen and oxygen atoms in total. The average molecular weight is 235 g/mol. The van der Waals surface area contributed by atoms with Crippen LogP contribution >= 0.6 is 15.9 Å². The second-order valence-electron chi connectivity index (χ2n) is 3.99. The van der Waals surface area contributed by atoms with E-state index in [9.17, 15) is 0 Å². The molecule has 3 rings (SSSR count). The standard InChI is InChI=1S/C12H11Br/c13-10-6-8-5-9(7-10)12-4-2-1-3-11(8)12/h1-4,6,8-9H,5,7H2/t8-,9+/m0/s1. The first kappa shape index (κ1) is 7.81. The zero-order chi connectivity index (χ0) is 8.84. The Hall–Kier alpha value is -0.560. The van der Waals surface area contributed by atoms with E-state index in [1.165, 1.54) is 17.3 Å². The predicted molar refractivity (Wildman–Crippen MR) is 58.2 cm³/mol. The SMILES string of the molecule is BrC1=C[C@@H]2C[C@H](C1)c1ccccc12. The molecular weight excluding hydrogens is 224 g/mol. The fraction of sp³-hybridized carbons (Fsp3) is 0.333. The van der Waals surface area contributed by atoms with Crippen molar-refractivity contribution < 1.29 is 0 Å². The van der Waals surface area contributed by atoms with Crippen molar-refractivity contribution in [1.82, 2.24) is 0 Å². The number of halogens is 1. The number of hydrogen-bond acceptors (Lipinski definition) is 0. The van der Waals surface area contributed by atoms with Crippen LogP contribution in [0.3, 0.4) is 0 Å². The molecule has 2 atom stereocenters. The molecule has 66 valence electrons. The van der Waals surface area contributed by atoms with E-state index in [2.05, 4.69) is 46.3 Å². The van der Waals surface area contributed by atoms with E-state index in [4.69, 9.17) is 0 Å². The fourth-order valence-corrected chi connectivity index (χ4v) is 3.36. The lowest BCUT2D eigenvalue weighted by Gasteiger charge is -2.15. The Morgan fingerprint density at radius 3 is 2.77 bits per heavy atom. The second-order valence-corrected chi connectivity index (χ2v) is 5.00. The van der Waals surface area contributed by atoms with Crippen molar-refractivity contribution in [3.8, 4) is 0 Å². The van der Waals surface area contributed by atoms with Crippen molar-refractivity contribution in [3.05, 3.63) is 46.0 Å². The molecule has 0 spiro atoms. The van der Waals surface area contributed by atoms with Crippen LogP contribution in [0.5, 0.6) is 0 Å². The summed E-state index contributed by atoms with van der Waals surface area (Å²) in [6.45, 7) is 0. The molecule has 13 heavy (non-hydrogen) atoms. The molecule has 1 aromatic carbocycles. The van der Waals surface area contributed by atoms with Gasteiger partial charge in [0.05, 0.1) is 0 Å². The highest BCUT2D eigenvalue weighted by Crippen LogP contribution is 2.50. The van der Waals surface area contributed by atoms with Gasteiger partial charge in [0.1, 0.15) is 0 Å². The number of fused-ring (bicyclic) bond motifs is 5. The van der Waals surface area contributed by atoms with Crippen molar-refractivity contribution in [1.29, 1.82) is 0 Å². The molecule has 0 aromatic heterocycles. The van der Waals surface area contributed by atoms with E-state index < -0.39 is 0 Å². The van der Waals surface area contributed by atoms with E-state index >= 15 is 0 Å². The smallest absolute Gasteiger partial charge is 0.00377 e. The molecule has 0 unspecified atom stereocenters. The maximum atomic E-state index is 3.63. The summed E-state index contributed by atoms with van der Waals surface area (Å²) in [5.74, 6) is 1.46. The van der Waals surface area contributed by atoms with E-state index in [-0.39, 0.29) is 0 Å². The Labute approximate surface area is 86.8 Å². The summed E-state index contributed by atoms with van der Waals surface area (Å²) in [7, 11) is 0. The van der Waals surface area contributed by atoms with Crippen LogP contribution in [0.4, 0.5) is 0 Å². The van der Waals surface area contributed by atoms with Gasteiger partial charge in [-0.05, 0) is 34.4 Å². The predicted octanol–water partition coefficient (Wildman–Crippen LogP) is 3.94. The highest BCUT2D eigenvalue weighted by Gasteiger charge is 2.32. The van der Waals surface area contributed by atoms with Gasteiger partial charge in [0.25, 0.3) is 0 Å². The third-order valence-corrected chi connectivity index (χ3v) is 3.79. The van der Waals surface area contributed by atoms with Crippen molar-refractivity contribution in [2.45, 2.75) is 24.7 Å². The van der Waals surface area contributed by atoms with Gasteiger partial charge in [-0.25, -0.2) is 0 Å². The van der Waals surface area contributed by atoms with Gasteiger partial charge in [-0.2, -0.15) is 0 Å². The Kier molecular flexibility index (Phi) is 1.63. The zero-order valence-electron chi connectivity index (χ0n) is 7.33. The van der Waals surface area contributed by atoms with Crippen LogP contribution in [0.1, 0.15) is 35.8 Å². The molecule has 0 N–H and O–H groups in total. The highest BCUT2D eigenvalue weighted by atomic mass is 79.9. The highest BCUT2D eigenvalue weighted by molar-refractivity contribution is 9.11. The van der Waals surface area contributed by atoms with Gasteiger partial charge in [0, 0.05) is 5.92 Å². The van der Waals surface area contributed by atoms with Gasteiger partial charge in [-0.3, -0.25) is 0 Å². The van der Waals surface area contributed by atoms with Crippen LogP contribution in [-0.4, -0.2) is 0 Å². The van der Waals surface area contributed by atoms with Crippen LogP contribution in [-0.2, 0) is 0 Å². The van der Waals surface area contributed by atoms with E-state index in [0.29, 0.717) is 5.92 Å². The zero-order valence-corrected chi connectivity index (χ0v) is 8.92. The molecule has 2 aliphatic rings. The quantitative estimate of drug-likeness (QED) is 0.638. The summed E-state index contributed by atoms with van der Waals surface area (Å²) in [6, 6.07) is 8.89. The van der Waals surface area contributed by atoms with E-state index in [1.807, 2.05) is 0 Å². The lowest BCUT2D eigenvalue weighted by molar-refractivity contribution is 0.622. The topological polar surface area (TPSA) is 0 Å². The molecule has 0 saturated heterocycles. The maximum Gasteiger partial charge on any atom is 0.00377 e. The minimum Gasteiger partial charge on any atom is -0.0668 e. The van der Waals surface area contributed by atoms with Crippen molar-refractivity contribution in [2.24, 2.45) is 0 Å². The lowest BCUT2D eigenvalue weighted by Crippen LogP contribution is -1.98. The minimum atomic E-state index is 0.685. The first-order valence-electron chi connectivity index (χ1n) is 4.79. The summed E-state index contributed by atoms with van der Waals surface area (Å²) in [5, 5.41) is 0. The van der Waals surface area contributed by atoms with Gasteiger partial charge >= 0.3 is 0 Å². The molecule has 1 heteroatoms. The third-order valence-electron chi connectivity index (χ3n) is 3.20. The molecule has 0 aliphatic heterocycles. The monoisotopic (exact) mass is 234 g/mol. The summed E-state index contributed by atoms with van der Waals surface area (Å²) in [4.78, 5) is 0. The molecule has 0 heterocycles. The summed E-state index contributed by atoms with van der Waals surface area (Å²) in [6.07, 6.45) is 4.91. The summed E-state index contributed by atoms with van der Waals surface area (Å²) in [5.41, 5.74) is 3.14. The Bertz CT molecular complexity index is 378. The Morgan fingerprint density at radius 2 is 1.92 bits per heavy atom. The molecular formula is C12H11Br. The summed E-state index contributed by atoms with van der Waals surface area (Å²) < 4.78 is 1.39. The molecule has 0 amide bonds. The fourth-order valence-electron chi connectivity index (χ4n) is 2.65. The first-order valence-corrected chi connectivity index (χ1v) is 5.59.